The van der Waals surface area contributed by atoms with Gasteiger partial charge in [-0.05, 0) is 30.3 Å². The maximum absolute atomic E-state index is 12.9. The van der Waals surface area contributed by atoms with Crippen molar-refractivity contribution in [2.45, 2.75) is 4.90 Å². The Labute approximate surface area is 159 Å². The van der Waals surface area contributed by atoms with Gasteiger partial charge in [0.15, 0.2) is 5.58 Å². The van der Waals surface area contributed by atoms with Crippen molar-refractivity contribution in [3.8, 4) is 0 Å². The van der Waals surface area contributed by atoms with E-state index in [0.29, 0.717) is 42.5 Å². The number of fused-ring (bicyclic) bond motifs is 1. The zero-order valence-electron chi connectivity index (χ0n) is 14.1. The van der Waals surface area contributed by atoms with Gasteiger partial charge in [-0.2, -0.15) is 0 Å². The largest absolute Gasteiger partial charge is 0.417 e. The average Bonchev–Trinajstić information content (AvgIpc) is 3.01. The van der Waals surface area contributed by atoms with Crippen molar-refractivity contribution in [3.05, 3.63) is 52.0 Å². The Morgan fingerprint density at radius 3 is 2.67 bits per heavy atom. The van der Waals surface area contributed by atoms with E-state index in [9.17, 15) is 13.2 Å². The van der Waals surface area contributed by atoms with Crippen LogP contribution in [0.5, 0.6) is 0 Å². The number of ether oxygens (including phenoxy) is 1. The van der Waals surface area contributed by atoms with Crippen LogP contribution in [0.4, 0.5) is 11.4 Å². The highest BCUT2D eigenvalue weighted by Gasteiger charge is 2.21. The van der Waals surface area contributed by atoms with E-state index in [0.717, 1.165) is 5.69 Å². The van der Waals surface area contributed by atoms with E-state index >= 15 is 0 Å². The third-order valence-corrected chi connectivity index (χ3v) is 5.86. The van der Waals surface area contributed by atoms with Crippen molar-refractivity contribution >= 4 is 44.1 Å². The molecule has 0 aliphatic carbocycles. The lowest BCUT2D eigenvalue weighted by atomic mass is 10.2. The van der Waals surface area contributed by atoms with Crippen molar-refractivity contribution in [3.63, 3.8) is 0 Å². The van der Waals surface area contributed by atoms with Crippen molar-refractivity contribution in [1.29, 1.82) is 0 Å². The summed E-state index contributed by atoms with van der Waals surface area (Å²) in [6.07, 6.45) is 0. The van der Waals surface area contributed by atoms with Gasteiger partial charge in [0.1, 0.15) is 0 Å². The van der Waals surface area contributed by atoms with Crippen LogP contribution in [0.1, 0.15) is 0 Å². The minimum atomic E-state index is -3.92. The van der Waals surface area contributed by atoms with Gasteiger partial charge in [-0.15, -0.1) is 0 Å². The van der Waals surface area contributed by atoms with E-state index in [1.807, 2.05) is 4.90 Å². The minimum Gasteiger partial charge on any atom is -0.408 e. The Morgan fingerprint density at radius 2 is 1.89 bits per heavy atom. The summed E-state index contributed by atoms with van der Waals surface area (Å²) in [5.41, 5.74) is 1.69. The van der Waals surface area contributed by atoms with Gasteiger partial charge in [0.05, 0.1) is 35.0 Å². The quantitative estimate of drug-likeness (QED) is 0.685. The van der Waals surface area contributed by atoms with Crippen LogP contribution in [-0.4, -0.2) is 39.7 Å². The lowest BCUT2D eigenvalue weighted by Gasteiger charge is -2.30. The number of hydrogen-bond acceptors (Lipinski definition) is 6. The van der Waals surface area contributed by atoms with E-state index < -0.39 is 15.8 Å². The van der Waals surface area contributed by atoms with Crippen molar-refractivity contribution in [2.24, 2.45) is 0 Å². The topological polar surface area (TPSA) is 105 Å². The summed E-state index contributed by atoms with van der Waals surface area (Å²) in [6.45, 7) is 2.43. The number of H-pyrrole nitrogens is 1. The molecule has 27 heavy (non-hydrogen) atoms. The third-order valence-electron chi connectivity index (χ3n) is 4.26. The molecule has 3 aromatic rings. The summed E-state index contributed by atoms with van der Waals surface area (Å²) >= 11 is 6.08. The number of aromatic nitrogens is 1. The number of sulfonamides is 1. The molecule has 8 nitrogen and oxygen atoms in total. The number of oxazole rings is 1. The summed E-state index contributed by atoms with van der Waals surface area (Å²) in [7, 11) is -3.92. The molecule has 2 heterocycles. The molecule has 0 saturated carbocycles. The molecular weight excluding hydrogens is 394 g/mol. The van der Waals surface area contributed by atoms with Gasteiger partial charge in [-0.25, -0.2) is 13.2 Å². The Morgan fingerprint density at radius 1 is 1.11 bits per heavy atom. The first-order valence-corrected chi connectivity index (χ1v) is 10.1. The van der Waals surface area contributed by atoms with E-state index in [4.69, 9.17) is 20.8 Å². The van der Waals surface area contributed by atoms with Crippen LogP contribution in [0.15, 0.2) is 50.5 Å². The molecular formula is C17H16ClN3O5S. The molecule has 0 radical (unpaired) electrons. The van der Waals surface area contributed by atoms with Gasteiger partial charge in [0.25, 0.3) is 10.0 Å². The molecule has 4 rings (SSSR count). The second-order valence-corrected chi connectivity index (χ2v) is 8.16. The van der Waals surface area contributed by atoms with Crippen LogP contribution >= 0.6 is 11.6 Å². The second-order valence-electron chi connectivity index (χ2n) is 6.04. The highest BCUT2D eigenvalue weighted by molar-refractivity contribution is 7.92. The fourth-order valence-electron chi connectivity index (χ4n) is 2.97. The Hall–Kier alpha value is -2.49. The van der Waals surface area contributed by atoms with Gasteiger partial charge in [0.2, 0.25) is 0 Å². The number of morpholine rings is 1. The van der Waals surface area contributed by atoms with Crippen molar-refractivity contribution in [2.75, 3.05) is 35.9 Å². The molecule has 10 heteroatoms. The highest BCUT2D eigenvalue weighted by Crippen LogP contribution is 2.32. The lowest BCUT2D eigenvalue weighted by molar-refractivity contribution is 0.123. The molecule has 1 aromatic heterocycles. The fourth-order valence-corrected chi connectivity index (χ4v) is 4.22. The molecule has 0 atom stereocenters. The number of hydrogen-bond donors (Lipinski definition) is 2. The van der Waals surface area contributed by atoms with Crippen molar-refractivity contribution in [1.82, 2.24) is 4.98 Å². The number of halogens is 1. The van der Waals surface area contributed by atoms with Crippen LogP contribution in [0.3, 0.4) is 0 Å². The Balaban J connectivity index is 1.70. The zero-order valence-corrected chi connectivity index (χ0v) is 15.6. The average molecular weight is 410 g/mol. The molecule has 1 aliphatic rings. The number of rotatable bonds is 4. The first-order chi connectivity index (χ1) is 12.9. The molecule has 1 aliphatic heterocycles. The van der Waals surface area contributed by atoms with Crippen LogP contribution in [0.2, 0.25) is 5.02 Å². The first kappa shape index (κ1) is 17.9. The van der Waals surface area contributed by atoms with Gasteiger partial charge < -0.3 is 14.1 Å². The predicted octanol–water partition coefficient (Wildman–Crippen LogP) is 2.41. The number of nitrogens with zero attached hydrogens (tertiary/aromatic N) is 1. The number of anilines is 2. The van der Waals surface area contributed by atoms with E-state index in [1.165, 1.54) is 18.2 Å². The molecule has 0 amide bonds. The molecule has 0 bridgehead atoms. The van der Waals surface area contributed by atoms with E-state index in [1.54, 1.807) is 18.2 Å². The third kappa shape index (κ3) is 3.66. The van der Waals surface area contributed by atoms with Crippen molar-refractivity contribution < 1.29 is 17.6 Å². The monoisotopic (exact) mass is 409 g/mol. The standard InChI is InChI=1S/C17H16ClN3O5S/c18-11-1-4-15(21-5-7-25-8-6-21)14(9-11)20-27(23,24)12-2-3-13-16(10-12)26-17(22)19-13/h1-4,9-10,20H,5-8H2,(H,19,22). The first-order valence-electron chi connectivity index (χ1n) is 8.20. The lowest BCUT2D eigenvalue weighted by Crippen LogP contribution is -2.36. The maximum Gasteiger partial charge on any atom is 0.417 e. The number of aromatic amines is 1. The number of benzene rings is 2. The van der Waals surface area contributed by atoms with Crippen LogP contribution < -0.4 is 15.4 Å². The molecule has 0 spiro atoms. The Kier molecular flexibility index (Phi) is 4.58. The second kappa shape index (κ2) is 6.91. The van der Waals surface area contributed by atoms with Gasteiger partial charge >= 0.3 is 5.76 Å². The predicted molar refractivity (Wildman–Crippen MR) is 102 cm³/mol. The zero-order chi connectivity index (χ0) is 19.0. The van der Waals surface area contributed by atoms with Gasteiger partial charge in [0, 0.05) is 24.2 Å². The molecule has 1 saturated heterocycles. The summed E-state index contributed by atoms with van der Waals surface area (Å²) in [5, 5.41) is 0.414. The van der Waals surface area contributed by atoms with Crippen LogP contribution in [-0.2, 0) is 14.8 Å². The van der Waals surface area contributed by atoms with Crippen LogP contribution in [0.25, 0.3) is 11.1 Å². The SMILES string of the molecule is O=c1[nH]c2ccc(S(=O)(=O)Nc3cc(Cl)ccc3N3CCOCC3)cc2o1. The molecule has 2 aromatic carbocycles. The number of nitrogens with one attached hydrogen (secondary N) is 2. The van der Waals surface area contributed by atoms with E-state index in [-0.39, 0.29) is 10.5 Å². The summed E-state index contributed by atoms with van der Waals surface area (Å²) in [6, 6.07) is 9.24. The smallest absolute Gasteiger partial charge is 0.408 e. The molecule has 142 valence electrons. The summed E-state index contributed by atoms with van der Waals surface area (Å²) in [5.74, 6) is -0.642. The Bertz CT molecular complexity index is 1150. The minimum absolute atomic E-state index is 0.0225. The highest BCUT2D eigenvalue weighted by atomic mass is 35.5. The van der Waals surface area contributed by atoms with Crippen LogP contribution in [0, 0.1) is 0 Å². The molecule has 1 fully saturated rings. The van der Waals surface area contributed by atoms with E-state index in [2.05, 4.69) is 9.71 Å². The van der Waals surface area contributed by atoms with Gasteiger partial charge in [-0.1, -0.05) is 11.6 Å². The maximum atomic E-state index is 12.9. The summed E-state index contributed by atoms with van der Waals surface area (Å²) < 4.78 is 38.6. The molecule has 2 N–H and O–H groups in total. The van der Waals surface area contributed by atoms with Gasteiger partial charge in [-0.3, -0.25) is 9.71 Å². The summed E-state index contributed by atoms with van der Waals surface area (Å²) in [4.78, 5) is 15.8. The normalized spacial score (nSPS) is 15.2. The molecule has 0 unspecified atom stereocenters. The fraction of sp³-hybridized carbons (Fsp3) is 0.235.